The highest BCUT2D eigenvalue weighted by atomic mass is 79.9. The van der Waals surface area contributed by atoms with Crippen molar-refractivity contribution in [1.82, 2.24) is 5.48 Å². The van der Waals surface area contributed by atoms with Crippen molar-refractivity contribution in [3.63, 3.8) is 0 Å². The minimum absolute atomic E-state index is 0.139. The molecule has 0 heterocycles. The van der Waals surface area contributed by atoms with Crippen LogP contribution in [0.3, 0.4) is 0 Å². The molecule has 0 aromatic rings. The summed E-state index contributed by atoms with van der Waals surface area (Å²) < 4.78 is 0. The molecule has 0 aliphatic rings. The summed E-state index contributed by atoms with van der Waals surface area (Å²) in [5, 5.41) is 0. The predicted molar refractivity (Wildman–Crippen MR) is 38.2 cm³/mol. The van der Waals surface area contributed by atoms with Crippen LogP contribution in [0.4, 0.5) is 0 Å². The van der Waals surface area contributed by atoms with Gasteiger partial charge in [-0.25, -0.2) is 5.48 Å². The summed E-state index contributed by atoms with van der Waals surface area (Å²) in [6, 6.07) is 0. The number of rotatable bonds is 3. The van der Waals surface area contributed by atoms with E-state index in [9.17, 15) is 4.79 Å². The van der Waals surface area contributed by atoms with E-state index in [4.69, 9.17) is 0 Å². The van der Waals surface area contributed by atoms with Crippen LogP contribution < -0.4 is 5.48 Å². The Morgan fingerprint density at radius 2 is 2.44 bits per heavy atom. The van der Waals surface area contributed by atoms with Crippen molar-refractivity contribution in [2.45, 2.75) is 18.2 Å². The first-order valence-electron chi connectivity index (χ1n) is 2.69. The number of carbonyl (C=O) groups excluding carboxylic acids is 1. The van der Waals surface area contributed by atoms with E-state index < -0.39 is 0 Å². The molecule has 1 N–H and O–H groups in total. The Morgan fingerprint density at radius 3 is 2.78 bits per heavy atom. The summed E-state index contributed by atoms with van der Waals surface area (Å²) in [7, 11) is 1.41. The van der Waals surface area contributed by atoms with Crippen LogP contribution in [0.25, 0.3) is 0 Å². The monoisotopic (exact) mass is 195 g/mol. The van der Waals surface area contributed by atoms with Gasteiger partial charge in [-0.05, 0) is 6.42 Å². The summed E-state index contributed by atoms with van der Waals surface area (Å²) in [6.45, 7) is 1.91. The highest BCUT2D eigenvalue weighted by Gasteiger charge is 2.10. The molecule has 1 atom stereocenters. The van der Waals surface area contributed by atoms with E-state index in [1.165, 1.54) is 7.11 Å². The number of halogens is 1. The summed E-state index contributed by atoms with van der Waals surface area (Å²) in [6.07, 6.45) is 0.759. The van der Waals surface area contributed by atoms with Crippen LogP contribution in [-0.4, -0.2) is 17.8 Å². The lowest BCUT2D eigenvalue weighted by Crippen LogP contribution is -2.29. The van der Waals surface area contributed by atoms with Gasteiger partial charge in [-0.3, -0.25) is 9.63 Å². The van der Waals surface area contributed by atoms with Gasteiger partial charge in [0.25, 0.3) is 5.91 Å². The third kappa shape index (κ3) is 3.48. The van der Waals surface area contributed by atoms with Gasteiger partial charge in [-0.15, -0.1) is 0 Å². The van der Waals surface area contributed by atoms with Crippen LogP contribution in [0.2, 0.25) is 0 Å². The van der Waals surface area contributed by atoms with E-state index in [1.54, 1.807) is 0 Å². The number of nitrogens with one attached hydrogen (secondary N) is 1. The molecule has 1 unspecified atom stereocenters. The van der Waals surface area contributed by atoms with Gasteiger partial charge in [0.1, 0.15) is 0 Å². The highest BCUT2D eigenvalue weighted by Crippen LogP contribution is 2.02. The highest BCUT2D eigenvalue weighted by molar-refractivity contribution is 9.10. The molecule has 3 nitrogen and oxygen atoms in total. The van der Waals surface area contributed by atoms with Gasteiger partial charge >= 0.3 is 0 Å². The fraction of sp³-hybridized carbons (Fsp3) is 0.800. The number of hydrogen-bond acceptors (Lipinski definition) is 2. The molecule has 4 heteroatoms. The zero-order valence-corrected chi connectivity index (χ0v) is 7.06. The van der Waals surface area contributed by atoms with Crippen LogP contribution in [0.15, 0.2) is 0 Å². The fourth-order valence-electron chi connectivity index (χ4n) is 0.350. The second kappa shape index (κ2) is 4.76. The van der Waals surface area contributed by atoms with Gasteiger partial charge in [-0.1, -0.05) is 22.9 Å². The molecule has 0 fully saturated rings. The van der Waals surface area contributed by atoms with Crippen molar-refractivity contribution in [1.29, 1.82) is 0 Å². The van der Waals surface area contributed by atoms with E-state index in [0.717, 1.165) is 6.42 Å². The molecule has 54 valence electrons. The van der Waals surface area contributed by atoms with Crippen LogP contribution in [-0.2, 0) is 9.63 Å². The molecule has 9 heavy (non-hydrogen) atoms. The Morgan fingerprint density at radius 1 is 1.89 bits per heavy atom. The molecule has 0 saturated heterocycles. The largest absolute Gasteiger partial charge is 0.277 e. The van der Waals surface area contributed by atoms with E-state index in [1.807, 2.05) is 6.92 Å². The zero-order chi connectivity index (χ0) is 7.28. The normalized spacial score (nSPS) is 12.8. The molecular formula is C5H10BrNO2. The average Bonchev–Trinajstić information content (AvgIpc) is 1.87. The van der Waals surface area contributed by atoms with Gasteiger partial charge < -0.3 is 0 Å². The summed E-state index contributed by atoms with van der Waals surface area (Å²) in [5.41, 5.74) is 2.21. The molecule has 0 rings (SSSR count). The van der Waals surface area contributed by atoms with Crippen molar-refractivity contribution in [2.75, 3.05) is 7.11 Å². The summed E-state index contributed by atoms with van der Waals surface area (Å²) >= 11 is 3.15. The second-order valence-corrected chi connectivity index (χ2v) is 2.65. The molecule has 0 radical (unpaired) electrons. The van der Waals surface area contributed by atoms with Gasteiger partial charge in [0.15, 0.2) is 0 Å². The Bertz CT molecular complexity index is 97.0. The first-order valence-corrected chi connectivity index (χ1v) is 3.60. The predicted octanol–water partition coefficient (Wildman–Crippen LogP) is 0.838. The maximum atomic E-state index is 10.7. The van der Waals surface area contributed by atoms with Crippen LogP contribution in [0.1, 0.15) is 13.3 Å². The SMILES string of the molecule is CCC(Br)C(=O)NOC. The molecule has 1 amide bonds. The topological polar surface area (TPSA) is 38.3 Å². The van der Waals surface area contributed by atoms with E-state index >= 15 is 0 Å². The van der Waals surface area contributed by atoms with Gasteiger partial charge in [-0.2, -0.15) is 0 Å². The Kier molecular flexibility index (Phi) is 4.71. The third-order valence-corrected chi connectivity index (χ3v) is 1.91. The number of carbonyl (C=O) groups is 1. The zero-order valence-electron chi connectivity index (χ0n) is 5.48. The molecule has 0 aliphatic carbocycles. The van der Waals surface area contributed by atoms with Gasteiger partial charge in [0.2, 0.25) is 0 Å². The van der Waals surface area contributed by atoms with Crippen molar-refractivity contribution in [3.05, 3.63) is 0 Å². The number of alkyl halides is 1. The number of hydroxylamine groups is 1. The first-order chi connectivity index (χ1) is 4.22. The standard InChI is InChI=1S/C5H10BrNO2/c1-3-4(6)5(8)7-9-2/h4H,3H2,1-2H3,(H,7,8). The first kappa shape index (κ1) is 8.91. The van der Waals surface area contributed by atoms with Gasteiger partial charge in [0.05, 0.1) is 11.9 Å². The molecule has 0 aliphatic heterocycles. The van der Waals surface area contributed by atoms with Gasteiger partial charge in [0, 0.05) is 0 Å². The Labute approximate surface area is 62.8 Å². The third-order valence-electron chi connectivity index (χ3n) is 0.846. The maximum absolute atomic E-state index is 10.7. The van der Waals surface area contributed by atoms with Crippen molar-refractivity contribution in [3.8, 4) is 0 Å². The summed E-state index contributed by atoms with van der Waals surface area (Å²) in [4.78, 5) is 14.9. The quantitative estimate of drug-likeness (QED) is 0.536. The lowest BCUT2D eigenvalue weighted by molar-refractivity contribution is -0.130. The second-order valence-electron chi connectivity index (χ2n) is 1.55. The Hall–Kier alpha value is -0.0900. The minimum Gasteiger partial charge on any atom is -0.277 e. The van der Waals surface area contributed by atoms with Crippen LogP contribution >= 0.6 is 15.9 Å². The van der Waals surface area contributed by atoms with Crippen molar-refractivity contribution in [2.24, 2.45) is 0 Å². The average molecular weight is 196 g/mol. The number of hydrogen-bond donors (Lipinski definition) is 1. The smallest absolute Gasteiger partial charge is 0.257 e. The maximum Gasteiger partial charge on any atom is 0.257 e. The van der Waals surface area contributed by atoms with Crippen molar-refractivity contribution < 1.29 is 9.63 Å². The molecule has 0 saturated carbocycles. The summed E-state index contributed by atoms with van der Waals surface area (Å²) in [5.74, 6) is -0.139. The fourth-order valence-corrected chi connectivity index (χ4v) is 0.443. The lowest BCUT2D eigenvalue weighted by Gasteiger charge is -2.04. The Balaban J connectivity index is 3.46. The van der Waals surface area contributed by atoms with Crippen LogP contribution in [0, 0.1) is 0 Å². The molecule has 0 aromatic carbocycles. The lowest BCUT2D eigenvalue weighted by atomic mass is 10.3. The molecule has 0 aromatic heterocycles. The molecular weight excluding hydrogens is 186 g/mol. The van der Waals surface area contributed by atoms with E-state index in [0.29, 0.717) is 0 Å². The minimum atomic E-state index is -0.141. The number of amides is 1. The van der Waals surface area contributed by atoms with E-state index in [2.05, 4.69) is 26.2 Å². The molecule has 0 bridgehead atoms. The van der Waals surface area contributed by atoms with Crippen LogP contribution in [0.5, 0.6) is 0 Å². The molecule has 0 spiro atoms. The van der Waals surface area contributed by atoms with Crippen molar-refractivity contribution >= 4 is 21.8 Å². The van der Waals surface area contributed by atoms with E-state index in [-0.39, 0.29) is 10.7 Å².